The predicted octanol–water partition coefficient (Wildman–Crippen LogP) is 2.92. The average Bonchev–Trinajstić information content (AvgIpc) is 3.36. The van der Waals surface area contributed by atoms with E-state index in [0.717, 1.165) is 12.8 Å². The van der Waals surface area contributed by atoms with Crippen LogP contribution in [0.3, 0.4) is 0 Å². The predicted molar refractivity (Wildman–Crippen MR) is 132 cm³/mol. The highest BCUT2D eigenvalue weighted by Crippen LogP contribution is 2.63. The molecule has 1 N–H and O–H groups in total. The van der Waals surface area contributed by atoms with E-state index in [1.165, 1.54) is 0 Å². The van der Waals surface area contributed by atoms with E-state index in [4.69, 9.17) is 9.47 Å². The molecule has 2 bridgehead atoms. The van der Waals surface area contributed by atoms with Gasteiger partial charge in [-0.15, -0.1) is 6.58 Å². The minimum atomic E-state index is -1.11. The summed E-state index contributed by atoms with van der Waals surface area (Å²) in [6.45, 7) is 15.9. The highest BCUT2D eigenvalue weighted by molar-refractivity contribution is 5.98. The first-order chi connectivity index (χ1) is 16.5. The molecule has 8 heteroatoms. The summed E-state index contributed by atoms with van der Waals surface area (Å²) < 4.78 is 12.0. The van der Waals surface area contributed by atoms with E-state index >= 15 is 0 Å². The quantitative estimate of drug-likeness (QED) is 0.332. The molecule has 3 fully saturated rings. The van der Waals surface area contributed by atoms with Gasteiger partial charge in [0.2, 0.25) is 11.8 Å². The molecular weight excluding hydrogens is 448 g/mol. The smallest absolute Gasteiger partial charge is 0.312 e. The molecule has 35 heavy (non-hydrogen) atoms. The minimum Gasteiger partial charge on any atom is -0.466 e. The Labute approximate surface area is 210 Å². The van der Waals surface area contributed by atoms with Crippen molar-refractivity contribution in [3.63, 3.8) is 0 Å². The highest BCUT2D eigenvalue weighted by Gasteiger charge is 2.79. The van der Waals surface area contributed by atoms with Crippen molar-refractivity contribution >= 4 is 17.8 Å². The third-order valence-electron chi connectivity index (χ3n) is 8.18. The summed E-state index contributed by atoms with van der Waals surface area (Å²) in [6.07, 6.45) is 5.05. The van der Waals surface area contributed by atoms with E-state index in [-0.39, 0.29) is 37.0 Å². The Morgan fingerprint density at radius 3 is 2.54 bits per heavy atom. The summed E-state index contributed by atoms with van der Waals surface area (Å²) in [6, 6.07) is -1.50. The largest absolute Gasteiger partial charge is 0.466 e. The summed E-state index contributed by atoms with van der Waals surface area (Å²) in [7, 11) is 0. The number of carbonyl (C=O) groups excluding carboxylic acids is 3. The maximum absolute atomic E-state index is 14.4. The molecule has 3 saturated heterocycles. The number of ether oxygens (including phenoxy) is 2. The number of nitrogens with zero attached hydrogens (tertiary/aromatic N) is 2. The Morgan fingerprint density at radius 1 is 1.31 bits per heavy atom. The Morgan fingerprint density at radius 2 is 2.00 bits per heavy atom. The van der Waals surface area contributed by atoms with Crippen molar-refractivity contribution in [3.8, 4) is 0 Å². The number of aliphatic hydroxyl groups is 1. The van der Waals surface area contributed by atoms with Crippen LogP contribution in [-0.4, -0.2) is 81.8 Å². The van der Waals surface area contributed by atoms with Crippen molar-refractivity contribution in [3.05, 3.63) is 12.7 Å². The third-order valence-corrected chi connectivity index (χ3v) is 8.18. The lowest BCUT2D eigenvalue weighted by molar-refractivity contribution is -0.162. The number of aliphatic hydroxyl groups excluding tert-OH is 1. The molecule has 0 radical (unpaired) electrons. The van der Waals surface area contributed by atoms with Crippen LogP contribution >= 0.6 is 0 Å². The molecule has 2 amide bonds. The maximum atomic E-state index is 14.4. The van der Waals surface area contributed by atoms with Crippen molar-refractivity contribution in [2.24, 2.45) is 17.8 Å². The Hall–Kier alpha value is -1.93. The SMILES string of the molecule is C=CCN(C(=O)C1N([C@@H](CO)CC(C)C)C(=O)[C@@H]2[C@@H](C(=O)OCC)[C@@]3(C)CCC12O3)C(C)CCC. The lowest BCUT2D eigenvalue weighted by Crippen LogP contribution is -2.60. The summed E-state index contributed by atoms with van der Waals surface area (Å²) in [5.74, 6) is -2.31. The molecule has 7 atom stereocenters. The second-order valence-corrected chi connectivity index (χ2v) is 11.1. The van der Waals surface area contributed by atoms with Crippen LogP contribution < -0.4 is 0 Å². The summed E-state index contributed by atoms with van der Waals surface area (Å²) in [5.41, 5.74) is -1.97. The number of rotatable bonds is 12. The Balaban J connectivity index is 2.14. The van der Waals surface area contributed by atoms with Gasteiger partial charge >= 0.3 is 5.97 Å². The standard InChI is InChI=1S/C27H44N2O6/c1-8-11-18(6)28(14-9-2)24(32)22-27-13-12-26(7,35-27)21(25(33)34-10-3)20(27)23(31)29(22)19(16-30)15-17(4)5/h9,17-22,30H,2,8,10-16H2,1,3-7H3/t18?,19-,20+,21+,22?,26-,27?/m1/s1. The van der Waals surface area contributed by atoms with Crippen LogP contribution in [0.25, 0.3) is 0 Å². The van der Waals surface area contributed by atoms with Crippen LogP contribution in [0, 0.1) is 17.8 Å². The topological polar surface area (TPSA) is 96.4 Å². The van der Waals surface area contributed by atoms with Gasteiger partial charge in [0, 0.05) is 12.6 Å². The van der Waals surface area contributed by atoms with Crippen LogP contribution in [0.2, 0.25) is 0 Å². The first-order valence-electron chi connectivity index (χ1n) is 13.2. The highest BCUT2D eigenvalue weighted by atomic mass is 16.6. The van der Waals surface area contributed by atoms with E-state index in [1.807, 2.05) is 27.7 Å². The number of carbonyl (C=O) groups is 3. The fourth-order valence-electron chi connectivity index (χ4n) is 6.80. The molecule has 8 nitrogen and oxygen atoms in total. The molecule has 198 valence electrons. The van der Waals surface area contributed by atoms with Crippen LogP contribution in [0.5, 0.6) is 0 Å². The van der Waals surface area contributed by atoms with Gasteiger partial charge in [-0.05, 0) is 52.4 Å². The number of hydrogen-bond donors (Lipinski definition) is 1. The molecule has 0 aromatic carbocycles. The normalized spacial score (nSPS) is 33.1. The number of esters is 1. The van der Waals surface area contributed by atoms with Crippen molar-refractivity contribution in [2.75, 3.05) is 19.8 Å². The van der Waals surface area contributed by atoms with Gasteiger partial charge in [-0.3, -0.25) is 14.4 Å². The summed E-state index contributed by atoms with van der Waals surface area (Å²) >= 11 is 0. The van der Waals surface area contributed by atoms with Gasteiger partial charge < -0.3 is 24.4 Å². The summed E-state index contributed by atoms with van der Waals surface area (Å²) in [4.78, 5) is 45.0. The molecule has 0 aromatic rings. The molecule has 1 spiro atoms. The molecule has 3 heterocycles. The first kappa shape index (κ1) is 27.7. The molecule has 3 aliphatic rings. The molecular formula is C27H44N2O6. The minimum absolute atomic E-state index is 0.0504. The zero-order chi connectivity index (χ0) is 26.1. The van der Waals surface area contributed by atoms with Gasteiger partial charge in [0.15, 0.2) is 0 Å². The molecule has 3 unspecified atom stereocenters. The van der Waals surface area contributed by atoms with Crippen LogP contribution in [0.1, 0.15) is 73.6 Å². The van der Waals surface area contributed by atoms with Crippen molar-refractivity contribution in [2.45, 2.75) is 103 Å². The number of amides is 2. The average molecular weight is 493 g/mol. The van der Waals surface area contributed by atoms with Gasteiger partial charge in [0.05, 0.1) is 30.8 Å². The van der Waals surface area contributed by atoms with Gasteiger partial charge in [0.25, 0.3) is 0 Å². The second-order valence-electron chi connectivity index (χ2n) is 11.1. The third kappa shape index (κ3) is 4.52. The van der Waals surface area contributed by atoms with Gasteiger partial charge in [0.1, 0.15) is 17.6 Å². The van der Waals surface area contributed by atoms with E-state index in [9.17, 15) is 19.5 Å². The maximum Gasteiger partial charge on any atom is 0.312 e. The first-order valence-corrected chi connectivity index (χ1v) is 13.2. The summed E-state index contributed by atoms with van der Waals surface area (Å²) in [5, 5.41) is 10.4. The fourth-order valence-corrected chi connectivity index (χ4v) is 6.80. The monoisotopic (exact) mass is 492 g/mol. The number of fused-ring (bicyclic) bond motifs is 1. The van der Waals surface area contributed by atoms with Crippen molar-refractivity contribution < 1.29 is 29.0 Å². The molecule has 0 aliphatic carbocycles. The molecule has 0 saturated carbocycles. The van der Waals surface area contributed by atoms with E-state index in [2.05, 4.69) is 13.5 Å². The van der Waals surface area contributed by atoms with Crippen LogP contribution in [-0.2, 0) is 23.9 Å². The zero-order valence-electron chi connectivity index (χ0n) is 22.3. The van der Waals surface area contributed by atoms with Gasteiger partial charge in [-0.25, -0.2) is 0 Å². The van der Waals surface area contributed by atoms with E-state index in [0.29, 0.717) is 25.8 Å². The lowest BCUT2D eigenvalue weighted by Gasteiger charge is -2.41. The molecule has 3 aliphatic heterocycles. The van der Waals surface area contributed by atoms with Gasteiger partial charge in [-0.1, -0.05) is 33.3 Å². The van der Waals surface area contributed by atoms with Crippen LogP contribution in [0.4, 0.5) is 0 Å². The van der Waals surface area contributed by atoms with E-state index in [1.54, 1.807) is 22.8 Å². The Bertz CT molecular complexity index is 830. The lowest BCUT2D eigenvalue weighted by atomic mass is 9.66. The number of hydrogen-bond acceptors (Lipinski definition) is 6. The zero-order valence-corrected chi connectivity index (χ0v) is 22.3. The molecule has 0 aromatic heterocycles. The second kappa shape index (κ2) is 10.6. The molecule has 3 rings (SSSR count). The van der Waals surface area contributed by atoms with Crippen molar-refractivity contribution in [1.82, 2.24) is 9.80 Å². The van der Waals surface area contributed by atoms with E-state index < -0.39 is 41.1 Å². The van der Waals surface area contributed by atoms with Gasteiger partial charge in [-0.2, -0.15) is 0 Å². The van der Waals surface area contributed by atoms with Crippen molar-refractivity contribution in [1.29, 1.82) is 0 Å². The Kier molecular flexibility index (Phi) is 8.37. The van der Waals surface area contributed by atoms with Crippen LogP contribution in [0.15, 0.2) is 12.7 Å². The fraction of sp³-hybridized carbons (Fsp3) is 0.815. The number of likely N-dealkylation sites (tertiary alicyclic amines) is 1.